The summed E-state index contributed by atoms with van der Waals surface area (Å²) < 4.78 is 0. The van der Waals surface area contributed by atoms with E-state index in [1.165, 1.54) is 0 Å². The van der Waals surface area contributed by atoms with Crippen molar-refractivity contribution in [1.82, 2.24) is 5.43 Å². The van der Waals surface area contributed by atoms with E-state index in [-0.39, 0.29) is 5.91 Å². The molecule has 1 aromatic carbocycles. The van der Waals surface area contributed by atoms with Gasteiger partial charge in [0.25, 0.3) is 5.91 Å². The summed E-state index contributed by atoms with van der Waals surface area (Å²) in [6, 6.07) is 9.03. The first-order valence-corrected chi connectivity index (χ1v) is 4.62. The van der Waals surface area contributed by atoms with Crippen LogP contribution in [0.4, 0.5) is 0 Å². The number of carbonyl (C=O) groups excluding carboxylic acids is 1. The van der Waals surface area contributed by atoms with Crippen LogP contribution in [-0.2, 0) is 0 Å². The van der Waals surface area contributed by atoms with Crippen molar-refractivity contribution >= 4 is 11.6 Å². The first kappa shape index (κ1) is 10.4. The van der Waals surface area contributed by atoms with Crippen molar-refractivity contribution in [2.45, 2.75) is 20.3 Å². The van der Waals surface area contributed by atoms with Crippen LogP contribution >= 0.6 is 0 Å². The highest BCUT2D eigenvalue weighted by atomic mass is 16.2. The van der Waals surface area contributed by atoms with Crippen LogP contribution in [-0.4, -0.2) is 11.6 Å². The predicted octanol–water partition coefficient (Wildman–Crippen LogP) is 2.20. The summed E-state index contributed by atoms with van der Waals surface area (Å²) in [5.74, 6) is -0.168. The molecule has 1 N–H and O–H groups in total. The second kappa shape index (κ2) is 5.17. The van der Waals surface area contributed by atoms with E-state index < -0.39 is 0 Å². The molecular weight excluding hydrogens is 176 g/mol. The molecule has 0 heterocycles. The fourth-order valence-electron chi connectivity index (χ4n) is 0.879. The lowest BCUT2D eigenvalue weighted by Crippen LogP contribution is -2.18. The van der Waals surface area contributed by atoms with Gasteiger partial charge in [-0.15, -0.1) is 0 Å². The molecule has 74 valence electrons. The van der Waals surface area contributed by atoms with Crippen molar-refractivity contribution < 1.29 is 4.79 Å². The molecule has 0 unspecified atom stereocenters. The Morgan fingerprint density at radius 2 is 2.00 bits per heavy atom. The van der Waals surface area contributed by atoms with E-state index in [9.17, 15) is 4.79 Å². The minimum absolute atomic E-state index is 0.168. The predicted molar refractivity (Wildman–Crippen MR) is 57.3 cm³/mol. The standard InChI is InChI=1S/C11H14N2O/c1-3-9(2)12-13-11(14)10-7-5-4-6-8-10/h4-8H,3H2,1-2H3,(H,13,14). The van der Waals surface area contributed by atoms with Gasteiger partial charge in [0, 0.05) is 11.3 Å². The lowest BCUT2D eigenvalue weighted by molar-refractivity contribution is 0.0954. The quantitative estimate of drug-likeness (QED) is 0.576. The first-order valence-electron chi connectivity index (χ1n) is 4.62. The highest BCUT2D eigenvalue weighted by molar-refractivity contribution is 5.95. The molecule has 0 aliphatic carbocycles. The van der Waals surface area contributed by atoms with Crippen LogP contribution in [0.1, 0.15) is 30.6 Å². The molecule has 0 aliphatic heterocycles. The monoisotopic (exact) mass is 190 g/mol. The summed E-state index contributed by atoms with van der Waals surface area (Å²) in [5.41, 5.74) is 4.04. The summed E-state index contributed by atoms with van der Waals surface area (Å²) in [7, 11) is 0. The average Bonchev–Trinajstić information content (AvgIpc) is 2.26. The molecule has 0 saturated heterocycles. The fraction of sp³-hybridized carbons (Fsp3) is 0.273. The van der Waals surface area contributed by atoms with Crippen molar-refractivity contribution in [3.8, 4) is 0 Å². The molecule has 0 fully saturated rings. The molecule has 1 amide bonds. The van der Waals surface area contributed by atoms with Gasteiger partial charge < -0.3 is 0 Å². The van der Waals surface area contributed by atoms with Crippen LogP contribution < -0.4 is 5.43 Å². The number of hydrogen-bond donors (Lipinski definition) is 1. The Bertz CT molecular complexity index is 330. The lowest BCUT2D eigenvalue weighted by atomic mass is 10.2. The molecule has 1 rings (SSSR count). The van der Waals surface area contributed by atoms with Gasteiger partial charge in [-0.2, -0.15) is 5.10 Å². The van der Waals surface area contributed by atoms with E-state index in [1.54, 1.807) is 12.1 Å². The van der Waals surface area contributed by atoms with E-state index in [1.807, 2.05) is 32.0 Å². The SMILES string of the molecule is CCC(C)=NNC(=O)c1ccccc1. The molecule has 0 saturated carbocycles. The van der Waals surface area contributed by atoms with Crippen molar-refractivity contribution in [2.75, 3.05) is 0 Å². The third-order valence-corrected chi connectivity index (χ3v) is 1.90. The average molecular weight is 190 g/mol. The van der Waals surface area contributed by atoms with Crippen LogP contribution in [0.25, 0.3) is 0 Å². The highest BCUT2D eigenvalue weighted by Gasteiger charge is 2.01. The maximum atomic E-state index is 11.4. The molecule has 0 radical (unpaired) electrons. The van der Waals surface area contributed by atoms with Crippen LogP contribution in [0.2, 0.25) is 0 Å². The third-order valence-electron chi connectivity index (χ3n) is 1.90. The second-order valence-corrected chi connectivity index (χ2v) is 3.01. The Labute approximate surface area is 83.8 Å². The van der Waals surface area contributed by atoms with Crippen LogP contribution in [0.15, 0.2) is 35.4 Å². The van der Waals surface area contributed by atoms with Gasteiger partial charge in [-0.3, -0.25) is 4.79 Å². The van der Waals surface area contributed by atoms with E-state index >= 15 is 0 Å². The normalized spacial score (nSPS) is 11.1. The van der Waals surface area contributed by atoms with E-state index in [0.29, 0.717) is 5.56 Å². The summed E-state index contributed by atoms with van der Waals surface area (Å²) in [5, 5.41) is 3.94. The molecule has 0 spiro atoms. The number of nitrogens with one attached hydrogen (secondary N) is 1. The maximum absolute atomic E-state index is 11.4. The number of carbonyl (C=O) groups is 1. The fourth-order valence-corrected chi connectivity index (χ4v) is 0.879. The molecule has 3 heteroatoms. The summed E-state index contributed by atoms with van der Waals surface area (Å²) in [6.07, 6.45) is 0.842. The van der Waals surface area contributed by atoms with Gasteiger partial charge in [0.05, 0.1) is 0 Å². The van der Waals surface area contributed by atoms with E-state index in [4.69, 9.17) is 0 Å². The Kier molecular flexibility index (Phi) is 3.85. The van der Waals surface area contributed by atoms with Crippen molar-refractivity contribution in [1.29, 1.82) is 0 Å². The molecule has 14 heavy (non-hydrogen) atoms. The molecule has 0 aliphatic rings. The summed E-state index contributed by atoms with van der Waals surface area (Å²) in [4.78, 5) is 11.4. The van der Waals surface area contributed by atoms with Gasteiger partial charge in [0.1, 0.15) is 0 Å². The van der Waals surface area contributed by atoms with Crippen LogP contribution in [0.3, 0.4) is 0 Å². The zero-order chi connectivity index (χ0) is 10.4. The first-order chi connectivity index (χ1) is 6.74. The van der Waals surface area contributed by atoms with Crippen LogP contribution in [0, 0.1) is 0 Å². The minimum atomic E-state index is -0.168. The van der Waals surface area contributed by atoms with Crippen molar-refractivity contribution in [3.63, 3.8) is 0 Å². The summed E-state index contributed by atoms with van der Waals surface area (Å²) >= 11 is 0. The van der Waals surface area contributed by atoms with Gasteiger partial charge in [-0.25, -0.2) is 5.43 Å². The number of rotatable bonds is 3. The number of hydrazone groups is 1. The third kappa shape index (κ3) is 3.01. The molecule has 1 aromatic rings. The molecule has 0 aromatic heterocycles. The molecule has 3 nitrogen and oxygen atoms in total. The van der Waals surface area contributed by atoms with E-state index in [0.717, 1.165) is 12.1 Å². The largest absolute Gasteiger partial charge is 0.271 e. The maximum Gasteiger partial charge on any atom is 0.271 e. The van der Waals surface area contributed by atoms with Gasteiger partial charge >= 0.3 is 0 Å². The molecule has 0 atom stereocenters. The lowest BCUT2D eigenvalue weighted by Gasteiger charge is -2.00. The van der Waals surface area contributed by atoms with Gasteiger partial charge in [-0.05, 0) is 25.5 Å². The van der Waals surface area contributed by atoms with E-state index in [2.05, 4.69) is 10.5 Å². The molecule has 0 bridgehead atoms. The Morgan fingerprint density at radius 1 is 1.36 bits per heavy atom. The van der Waals surface area contributed by atoms with Gasteiger partial charge in [-0.1, -0.05) is 25.1 Å². The smallest absolute Gasteiger partial charge is 0.267 e. The van der Waals surface area contributed by atoms with Gasteiger partial charge in [0.2, 0.25) is 0 Å². The Hall–Kier alpha value is -1.64. The Balaban J connectivity index is 2.60. The number of hydrogen-bond acceptors (Lipinski definition) is 2. The highest BCUT2D eigenvalue weighted by Crippen LogP contribution is 1.97. The van der Waals surface area contributed by atoms with Crippen molar-refractivity contribution in [2.24, 2.45) is 5.10 Å². The van der Waals surface area contributed by atoms with Crippen molar-refractivity contribution in [3.05, 3.63) is 35.9 Å². The van der Waals surface area contributed by atoms with Crippen LogP contribution in [0.5, 0.6) is 0 Å². The summed E-state index contributed by atoms with van der Waals surface area (Å²) in [6.45, 7) is 3.87. The minimum Gasteiger partial charge on any atom is -0.267 e. The van der Waals surface area contributed by atoms with Gasteiger partial charge in [0.15, 0.2) is 0 Å². The zero-order valence-corrected chi connectivity index (χ0v) is 8.45. The zero-order valence-electron chi connectivity index (χ0n) is 8.45. The second-order valence-electron chi connectivity index (χ2n) is 3.01. The Morgan fingerprint density at radius 3 is 2.57 bits per heavy atom. The number of nitrogens with zero attached hydrogens (tertiary/aromatic N) is 1. The number of benzene rings is 1. The number of amides is 1. The topological polar surface area (TPSA) is 41.5 Å². The molecular formula is C11H14N2O.